The summed E-state index contributed by atoms with van der Waals surface area (Å²) in [6.45, 7) is 4.99. The Morgan fingerprint density at radius 1 is 1.28 bits per heavy atom. The normalized spacial score (nSPS) is 16.1. The van der Waals surface area contributed by atoms with Crippen LogP contribution >= 0.6 is 0 Å². The average molecular weight is 367 g/mol. The van der Waals surface area contributed by atoms with E-state index in [1.165, 1.54) is 11.4 Å². The summed E-state index contributed by atoms with van der Waals surface area (Å²) in [5, 5.41) is 8.52. The standard InChI is InChI=1S/C15H25N7O2S/c1-20(9-2-5-16)25(23,24)19-8-4-10-21-11-13-22(14-12-21)15-17-6-3-7-18-15/h3,6-7,19H,2,4,8-14H2,1H3. The van der Waals surface area contributed by atoms with Gasteiger partial charge in [-0.25, -0.2) is 14.7 Å². The summed E-state index contributed by atoms with van der Waals surface area (Å²) in [4.78, 5) is 13.0. The summed E-state index contributed by atoms with van der Waals surface area (Å²) in [7, 11) is -2.01. The highest BCUT2D eigenvalue weighted by atomic mass is 32.2. The molecule has 0 unspecified atom stereocenters. The molecule has 1 aromatic heterocycles. The highest BCUT2D eigenvalue weighted by Crippen LogP contribution is 2.09. The summed E-state index contributed by atoms with van der Waals surface area (Å²) in [6, 6.07) is 3.75. The maximum atomic E-state index is 12.0. The number of rotatable bonds is 9. The lowest BCUT2D eigenvalue weighted by molar-refractivity contribution is 0.254. The number of piperazine rings is 1. The van der Waals surface area contributed by atoms with Crippen molar-refractivity contribution in [2.45, 2.75) is 12.8 Å². The summed E-state index contributed by atoms with van der Waals surface area (Å²) in [5.41, 5.74) is 0. The van der Waals surface area contributed by atoms with Crippen LogP contribution in [0.25, 0.3) is 0 Å². The molecule has 2 heterocycles. The third-order valence-electron chi connectivity index (χ3n) is 4.09. The highest BCUT2D eigenvalue weighted by Gasteiger charge is 2.19. The lowest BCUT2D eigenvalue weighted by Gasteiger charge is -2.34. The van der Waals surface area contributed by atoms with Gasteiger partial charge in [-0.2, -0.15) is 18.0 Å². The molecule has 2 rings (SSSR count). The van der Waals surface area contributed by atoms with E-state index in [0.29, 0.717) is 6.54 Å². The van der Waals surface area contributed by atoms with E-state index in [0.717, 1.165) is 45.1 Å². The van der Waals surface area contributed by atoms with Crippen LogP contribution in [0.5, 0.6) is 0 Å². The Kier molecular flexibility index (Phi) is 7.52. The van der Waals surface area contributed by atoms with Crippen LogP contribution in [0.1, 0.15) is 12.8 Å². The zero-order valence-corrected chi connectivity index (χ0v) is 15.3. The maximum absolute atomic E-state index is 12.0. The van der Waals surface area contributed by atoms with E-state index < -0.39 is 10.2 Å². The van der Waals surface area contributed by atoms with Gasteiger partial charge in [0.2, 0.25) is 5.95 Å². The van der Waals surface area contributed by atoms with E-state index in [1.807, 2.05) is 6.07 Å². The average Bonchev–Trinajstić information content (AvgIpc) is 2.64. The van der Waals surface area contributed by atoms with Gasteiger partial charge in [-0.1, -0.05) is 0 Å². The summed E-state index contributed by atoms with van der Waals surface area (Å²) < 4.78 is 27.7. The molecule has 0 aliphatic carbocycles. The Balaban J connectivity index is 1.64. The second kappa shape index (κ2) is 9.62. The van der Waals surface area contributed by atoms with Crippen LogP contribution in [-0.2, 0) is 10.2 Å². The van der Waals surface area contributed by atoms with Gasteiger partial charge in [0.15, 0.2) is 0 Å². The first-order valence-electron chi connectivity index (χ1n) is 8.35. The Morgan fingerprint density at radius 3 is 2.60 bits per heavy atom. The molecule has 0 amide bonds. The molecule has 0 atom stereocenters. The zero-order valence-electron chi connectivity index (χ0n) is 14.5. The fourth-order valence-electron chi connectivity index (χ4n) is 2.57. The first kappa shape index (κ1) is 19.5. The Bertz CT molecular complexity index is 654. The van der Waals surface area contributed by atoms with Crippen molar-refractivity contribution in [3.8, 4) is 6.07 Å². The van der Waals surface area contributed by atoms with Crippen molar-refractivity contribution in [3.05, 3.63) is 18.5 Å². The number of hydrogen-bond acceptors (Lipinski definition) is 7. The van der Waals surface area contributed by atoms with Gasteiger partial charge in [0.1, 0.15) is 0 Å². The summed E-state index contributed by atoms with van der Waals surface area (Å²) >= 11 is 0. The molecule has 1 fully saturated rings. The molecule has 25 heavy (non-hydrogen) atoms. The minimum absolute atomic E-state index is 0.187. The second-order valence-corrected chi connectivity index (χ2v) is 7.72. The molecule has 1 aromatic rings. The van der Waals surface area contributed by atoms with Crippen LogP contribution in [0.2, 0.25) is 0 Å². The molecule has 1 saturated heterocycles. The van der Waals surface area contributed by atoms with E-state index in [9.17, 15) is 8.42 Å². The number of aromatic nitrogens is 2. The van der Waals surface area contributed by atoms with Gasteiger partial charge in [-0.15, -0.1) is 0 Å². The molecule has 9 nitrogen and oxygen atoms in total. The van der Waals surface area contributed by atoms with Crippen molar-refractivity contribution in [2.24, 2.45) is 0 Å². The van der Waals surface area contributed by atoms with E-state index >= 15 is 0 Å². The van der Waals surface area contributed by atoms with Gasteiger partial charge in [0, 0.05) is 65.1 Å². The van der Waals surface area contributed by atoms with Crippen LogP contribution in [-0.4, -0.2) is 80.5 Å². The van der Waals surface area contributed by atoms with Gasteiger partial charge in [0.25, 0.3) is 10.2 Å². The maximum Gasteiger partial charge on any atom is 0.279 e. The third-order valence-corrected chi connectivity index (χ3v) is 5.66. The van der Waals surface area contributed by atoms with Gasteiger partial charge >= 0.3 is 0 Å². The third kappa shape index (κ3) is 6.21. The van der Waals surface area contributed by atoms with Crippen LogP contribution in [0.3, 0.4) is 0 Å². The molecular formula is C15H25N7O2S. The van der Waals surface area contributed by atoms with Crippen molar-refractivity contribution >= 4 is 16.2 Å². The number of nitrogens with zero attached hydrogens (tertiary/aromatic N) is 6. The van der Waals surface area contributed by atoms with Crippen molar-refractivity contribution in [2.75, 3.05) is 57.8 Å². The van der Waals surface area contributed by atoms with E-state index in [1.54, 1.807) is 18.5 Å². The van der Waals surface area contributed by atoms with Gasteiger partial charge in [-0.3, -0.25) is 4.90 Å². The molecule has 0 spiro atoms. The largest absolute Gasteiger partial charge is 0.338 e. The first-order valence-corrected chi connectivity index (χ1v) is 9.79. The topological polar surface area (TPSA) is 105 Å². The van der Waals surface area contributed by atoms with E-state index in [4.69, 9.17) is 5.26 Å². The minimum atomic E-state index is -3.49. The van der Waals surface area contributed by atoms with Crippen LogP contribution in [0.4, 0.5) is 5.95 Å². The minimum Gasteiger partial charge on any atom is -0.338 e. The fraction of sp³-hybridized carbons (Fsp3) is 0.667. The predicted octanol–water partition coefficient (Wildman–Crippen LogP) is -0.331. The predicted molar refractivity (Wildman–Crippen MR) is 95.1 cm³/mol. The molecule has 0 radical (unpaired) electrons. The Morgan fingerprint density at radius 2 is 1.96 bits per heavy atom. The molecule has 10 heteroatoms. The molecule has 138 valence electrons. The number of nitriles is 1. The number of nitrogens with one attached hydrogen (secondary N) is 1. The zero-order chi connectivity index (χ0) is 18.1. The van der Waals surface area contributed by atoms with Crippen molar-refractivity contribution < 1.29 is 8.42 Å². The van der Waals surface area contributed by atoms with Crippen molar-refractivity contribution in [1.82, 2.24) is 23.9 Å². The van der Waals surface area contributed by atoms with Crippen LogP contribution in [0.15, 0.2) is 18.5 Å². The highest BCUT2D eigenvalue weighted by molar-refractivity contribution is 7.87. The summed E-state index contributed by atoms with van der Waals surface area (Å²) in [6.07, 6.45) is 4.42. The van der Waals surface area contributed by atoms with Gasteiger partial charge < -0.3 is 4.90 Å². The van der Waals surface area contributed by atoms with E-state index in [-0.39, 0.29) is 13.0 Å². The number of anilines is 1. The monoisotopic (exact) mass is 367 g/mol. The Hall–Kier alpha value is -1.80. The molecule has 1 aliphatic heterocycles. The molecule has 0 bridgehead atoms. The van der Waals surface area contributed by atoms with Crippen LogP contribution in [0, 0.1) is 11.3 Å². The van der Waals surface area contributed by atoms with Crippen molar-refractivity contribution in [3.63, 3.8) is 0 Å². The number of hydrogen-bond donors (Lipinski definition) is 1. The molecule has 0 aromatic carbocycles. The molecule has 0 saturated carbocycles. The quantitative estimate of drug-likeness (QED) is 0.596. The van der Waals surface area contributed by atoms with E-state index in [2.05, 4.69) is 24.5 Å². The van der Waals surface area contributed by atoms with Gasteiger partial charge in [-0.05, 0) is 19.0 Å². The van der Waals surface area contributed by atoms with Crippen molar-refractivity contribution in [1.29, 1.82) is 5.26 Å². The SMILES string of the molecule is CN(CCC#N)S(=O)(=O)NCCCN1CCN(c2ncccn2)CC1. The lowest BCUT2D eigenvalue weighted by Crippen LogP contribution is -2.47. The molecule has 1 N–H and O–H groups in total. The van der Waals surface area contributed by atoms with Gasteiger partial charge in [0.05, 0.1) is 6.07 Å². The summed E-state index contributed by atoms with van der Waals surface area (Å²) in [5.74, 6) is 0.760. The Labute approximate surface area is 149 Å². The molecule has 1 aliphatic rings. The molecular weight excluding hydrogens is 342 g/mol. The lowest BCUT2D eigenvalue weighted by atomic mass is 10.3. The van der Waals surface area contributed by atoms with Crippen LogP contribution < -0.4 is 9.62 Å². The second-order valence-electron chi connectivity index (χ2n) is 5.86. The fourth-order valence-corrected chi connectivity index (χ4v) is 3.52. The smallest absolute Gasteiger partial charge is 0.279 e. The first-order chi connectivity index (χ1) is 12.0.